The van der Waals surface area contributed by atoms with Crippen molar-refractivity contribution >= 4 is 47.4 Å². The summed E-state index contributed by atoms with van der Waals surface area (Å²) in [5.41, 5.74) is 2.75. The molecule has 146 valence electrons. The molecule has 0 bridgehead atoms. The number of pyridine rings is 1. The summed E-state index contributed by atoms with van der Waals surface area (Å²) >= 11 is 5.79. The molecule has 0 aliphatic heterocycles. The highest BCUT2D eigenvalue weighted by Gasteiger charge is 2.04. The third-order valence-electron chi connectivity index (χ3n) is 3.67. The van der Waals surface area contributed by atoms with E-state index in [9.17, 15) is 4.79 Å². The monoisotopic (exact) mass is 501 g/mol. The van der Waals surface area contributed by atoms with E-state index in [0.717, 1.165) is 30.1 Å². The molecule has 6 nitrogen and oxygen atoms in total. The van der Waals surface area contributed by atoms with Crippen LogP contribution in [0.5, 0.6) is 0 Å². The maximum atomic E-state index is 11.7. The third kappa shape index (κ3) is 8.13. The van der Waals surface area contributed by atoms with Crippen LogP contribution >= 0.6 is 35.6 Å². The van der Waals surface area contributed by atoms with Crippen molar-refractivity contribution in [2.75, 3.05) is 20.1 Å². The molecule has 2 rings (SSSR count). The van der Waals surface area contributed by atoms with Crippen LogP contribution in [-0.2, 0) is 13.0 Å². The molecule has 1 aromatic heterocycles. The lowest BCUT2D eigenvalue weighted by Crippen LogP contribution is -2.38. The van der Waals surface area contributed by atoms with Gasteiger partial charge in [-0.1, -0.05) is 29.8 Å². The van der Waals surface area contributed by atoms with Crippen LogP contribution in [0.15, 0.2) is 47.6 Å². The van der Waals surface area contributed by atoms with Crippen molar-refractivity contribution in [2.45, 2.75) is 19.9 Å². The van der Waals surface area contributed by atoms with Crippen LogP contribution in [0.1, 0.15) is 28.4 Å². The van der Waals surface area contributed by atoms with Gasteiger partial charge in [0.05, 0.1) is 6.54 Å². The molecule has 0 aliphatic rings. The topological polar surface area (TPSA) is 78.4 Å². The Kier molecular flexibility index (Phi) is 10.7. The molecule has 0 aliphatic carbocycles. The molecule has 0 spiro atoms. The lowest BCUT2D eigenvalue weighted by molar-refractivity contribution is 0.0963. The molecular weight excluding hydrogens is 477 g/mol. The molecule has 1 aromatic carbocycles. The second-order valence-corrected chi connectivity index (χ2v) is 6.03. The van der Waals surface area contributed by atoms with Gasteiger partial charge in [-0.3, -0.25) is 4.79 Å². The number of halogens is 2. The number of benzene rings is 1. The van der Waals surface area contributed by atoms with Gasteiger partial charge >= 0.3 is 0 Å². The normalized spacial score (nSPS) is 10.7. The average molecular weight is 502 g/mol. The Morgan fingerprint density at radius 2 is 2.00 bits per heavy atom. The largest absolute Gasteiger partial charge is 0.357 e. The Bertz CT molecular complexity index is 752. The van der Waals surface area contributed by atoms with Crippen LogP contribution in [0, 0.1) is 0 Å². The first-order chi connectivity index (χ1) is 12.6. The van der Waals surface area contributed by atoms with Gasteiger partial charge in [0.25, 0.3) is 5.91 Å². The van der Waals surface area contributed by atoms with E-state index in [2.05, 4.69) is 25.9 Å². The van der Waals surface area contributed by atoms with Crippen molar-refractivity contribution in [1.29, 1.82) is 0 Å². The first-order valence-corrected chi connectivity index (χ1v) is 8.93. The SMILES string of the molecule is CCNC(=NCc1ccc(Cl)nc1)NCCc1cccc(C(=O)NC)c1.I. The molecule has 1 amide bonds. The maximum absolute atomic E-state index is 11.7. The van der Waals surface area contributed by atoms with E-state index >= 15 is 0 Å². The van der Waals surface area contributed by atoms with Crippen LogP contribution in [0.4, 0.5) is 0 Å². The van der Waals surface area contributed by atoms with Gasteiger partial charge in [-0.25, -0.2) is 9.98 Å². The maximum Gasteiger partial charge on any atom is 0.251 e. The molecule has 3 N–H and O–H groups in total. The molecular formula is C19H25ClIN5O. The number of hydrogen-bond acceptors (Lipinski definition) is 3. The van der Waals surface area contributed by atoms with Crippen molar-refractivity contribution in [2.24, 2.45) is 4.99 Å². The van der Waals surface area contributed by atoms with E-state index in [4.69, 9.17) is 11.6 Å². The van der Waals surface area contributed by atoms with Gasteiger partial charge in [-0.15, -0.1) is 24.0 Å². The molecule has 8 heteroatoms. The zero-order chi connectivity index (χ0) is 18.8. The summed E-state index contributed by atoms with van der Waals surface area (Å²) in [5.74, 6) is 0.663. The number of aromatic nitrogens is 1. The summed E-state index contributed by atoms with van der Waals surface area (Å²) in [4.78, 5) is 20.3. The van der Waals surface area contributed by atoms with Gasteiger partial charge in [0.15, 0.2) is 5.96 Å². The Morgan fingerprint density at radius 3 is 2.67 bits per heavy atom. The zero-order valence-corrected chi connectivity index (χ0v) is 18.5. The van der Waals surface area contributed by atoms with Crippen LogP contribution in [0.3, 0.4) is 0 Å². The highest BCUT2D eigenvalue weighted by molar-refractivity contribution is 14.0. The smallest absolute Gasteiger partial charge is 0.251 e. The fraction of sp³-hybridized carbons (Fsp3) is 0.316. The molecule has 0 saturated carbocycles. The molecule has 0 fully saturated rings. The summed E-state index contributed by atoms with van der Waals surface area (Å²) in [6.07, 6.45) is 2.51. The molecule has 1 heterocycles. The van der Waals surface area contributed by atoms with E-state index in [1.807, 2.05) is 31.2 Å². The minimum Gasteiger partial charge on any atom is -0.357 e. The van der Waals surface area contributed by atoms with Gasteiger partial charge in [0.2, 0.25) is 0 Å². The number of amides is 1. The Balaban J connectivity index is 0.00000364. The lowest BCUT2D eigenvalue weighted by atomic mass is 10.1. The predicted octanol–water partition coefficient (Wildman–Crippen LogP) is 3.01. The number of nitrogens with one attached hydrogen (secondary N) is 3. The van der Waals surface area contributed by atoms with Crippen LogP contribution in [-0.4, -0.2) is 37.0 Å². The standard InChI is InChI=1S/C19H24ClN5O.HI/c1-3-22-19(25-13-15-7-8-17(20)24-12-15)23-10-9-14-5-4-6-16(11-14)18(26)21-2;/h4-8,11-12H,3,9-10,13H2,1-2H3,(H,21,26)(H2,22,23,25);1H. The zero-order valence-electron chi connectivity index (χ0n) is 15.5. The third-order valence-corrected chi connectivity index (χ3v) is 3.90. The fourth-order valence-electron chi connectivity index (χ4n) is 2.35. The van der Waals surface area contributed by atoms with Crippen molar-refractivity contribution in [3.05, 3.63) is 64.4 Å². The van der Waals surface area contributed by atoms with Gasteiger partial charge in [-0.05, 0) is 42.7 Å². The summed E-state index contributed by atoms with van der Waals surface area (Å²) in [6, 6.07) is 11.3. The number of guanidine groups is 1. The van der Waals surface area contributed by atoms with Crippen LogP contribution in [0.2, 0.25) is 5.15 Å². The predicted molar refractivity (Wildman–Crippen MR) is 121 cm³/mol. The summed E-state index contributed by atoms with van der Waals surface area (Å²) in [5, 5.41) is 9.63. The highest BCUT2D eigenvalue weighted by atomic mass is 127. The number of carbonyl (C=O) groups is 1. The van der Waals surface area contributed by atoms with Crippen molar-refractivity contribution in [3.63, 3.8) is 0 Å². The van der Waals surface area contributed by atoms with Gasteiger partial charge < -0.3 is 16.0 Å². The van der Waals surface area contributed by atoms with E-state index in [1.54, 1.807) is 25.4 Å². The van der Waals surface area contributed by atoms with E-state index in [1.165, 1.54) is 0 Å². The minimum absolute atomic E-state index is 0. The lowest BCUT2D eigenvalue weighted by Gasteiger charge is -2.11. The van der Waals surface area contributed by atoms with Crippen molar-refractivity contribution < 1.29 is 4.79 Å². The van der Waals surface area contributed by atoms with E-state index < -0.39 is 0 Å². The van der Waals surface area contributed by atoms with Gasteiger partial charge in [-0.2, -0.15) is 0 Å². The van der Waals surface area contributed by atoms with Crippen LogP contribution in [0.25, 0.3) is 0 Å². The second kappa shape index (κ2) is 12.5. The summed E-state index contributed by atoms with van der Waals surface area (Å²) < 4.78 is 0. The number of rotatable bonds is 7. The average Bonchev–Trinajstić information content (AvgIpc) is 2.67. The molecule has 0 saturated heterocycles. The first-order valence-electron chi connectivity index (χ1n) is 8.56. The fourth-order valence-corrected chi connectivity index (χ4v) is 2.46. The molecule has 27 heavy (non-hydrogen) atoms. The Hall–Kier alpha value is -1.87. The number of hydrogen-bond donors (Lipinski definition) is 3. The minimum atomic E-state index is -0.0775. The number of nitrogens with zero attached hydrogens (tertiary/aromatic N) is 2. The van der Waals surface area contributed by atoms with Crippen molar-refractivity contribution in [3.8, 4) is 0 Å². The molecule has 0 radical (unpaired) electrons. The Morgan fingerprint density at radius 1 is 1.19 bits per heavy atom. The highest BCUT2D eigenvalue weighted by Crippen LogP contribution is 2.07. The van der Waals surface area contributed by atoms with Gasteiger partial charge in [0, 0.05) is 31.9 Å². The Labute approximate surface area is 182 Å². The molecule has 2 aromatic rings. The summed E-state index contributed by atoms with van der Waals surface area (Å²) in [7, 11) is 1.63. The number of carbonyl (C=O) groups excluding carboxylic acids is 1. The first kappa shape index (κ1) is 23.2. The van der Waals surface area contributed by atoms with Gasteiger partial charge in [0.1, 0.15) is 5.15 Å². The van der Waals surface area contributed by atoms with E-state index in [-0.39, 0.29) is 29.9 Å². The number of aliphatic imine (C=N–C) groups is 1. The second-order valence-electron chi connectivity index (χ2n) is 5.64. The summed E-state index contributed by atoms with van der Waals surface area (Å²) in [6.45, 7) is 4.03. The van der Waals surface area contributed by atoms with Crippen molar-refractivity contribution in [1.82, 2.24) is 20.9 Å². The van der Waals surface area contributed by atoms with E-state index in [0.29, 0.717) is 23.8 Å². The van der Waals surface area contributed by atoms with Crippen LogP contribution < -0.4 is 16.0 Å². The molecule has 0 unspecified atom stereocenters. The molecule has 0 atom stereocenters. The quantitative estimate of drug-likeness (QED) is 0.236.